The van der Waals surface area contributed by atoms with Gasteiger partial charge in [-0.05, 0) is 18.6 Å². The average molecular weight is 188 g/mol. The highest BCUT2D eigenvalue weighted by Gasteiger charge is 1.95. The molecule has 14 heavy (non-hydrogen) atoms. The molecule has 1 aromatic heterocycles. The fourth-order valence-corrected chi connectivity index (χ4v) is 1.05. The third-order valence-corrected chi connectivity index (χ3v) is 1.72. The number of aliphatic imine (C=N–C) groups is 1. The van der Waals surface area contributed by atoms with Crippen LogP contribution in [0.15, 0.2) is 23.3 Å². The van der Waals surface area contributed by atoms with Gasteiger partial charge in [-0.1, -0.05) is 6.07 Å². The summed E-state index contributed by atoms with van der Waals surface area (Å²) in [6.07, 6.45) is 5.03. The van der Waals surface area contributed by atoms with Gasteiger partial charge < -0.3 is 4.90 Å². The molecule has 0 fully saturated rings. The van der Waals surface area contributed by atoms with Crippen LogP contribution in [0, 0.1) is 18.4 Å². The van der Waals surface area contributed by atoms with E-state index in [-0.39, 0.29) is 0 Å². The second kappa shape index (κ2) is 4.97. The maximum atomic E-state index is 8.23. The lowest BCUT2D eigenvalue weighted by atomic mass is 10.2. The molecule has 0 radical (unpaired) electrons. The number of rotatable bonds is 3. The van der Waals surface area contributed by atoms with Crippen molar-refractivity contribution in [3.05, 3.63) is 29.6 Å². The molecule has 0 bridgehead atoms. The number of aromatic nitrogens is 1. The van der Waals surface area contributed by atoms with Gasteiger partial charge in [-0.15, -0.1) is 0 Å². The zero-order valence-electron chi connectivity index (χ0n) is 8.31. The predicted octanol–water partition coefficient (Wildman–Crippen LogP) is 1.33. The van der Waals surface area contributed by atoms with Crippen molar-refractivity contribution in [2.24, 2.45) is 4.99 Å². The molecular formula is C10H12N4. The number of hydrogen-bond acceptors (Lipinski definition) is 3. The van der Waals surface area contributed by atoms with Crippen LogP contribution < -0.4 is 0 Å². The molecule has 0 aliphatic rings. The van der Waals surface area contributed by atoms with E-state index in [0.29, 0.717) is 6.54 Å². The summed E-state index contributed by atoms with van der Waals surface area (Å²) in [5, 5.41) is 8.23. The molecule has 0 atom stereocenters. The van der Waals surface area contributed by atoms with Gasteiger partial charge in [0.25, 0.3) is 0 Å². The monoisotopic (exact) mass is 188 g/mol. The molecule has 0 spiro atoms. The van der Waals surface area contributed by atoms with Crippen LogP contribution in [0.4, 0.5) is 0 Å². The summed E-state index contributed by atoms with van der Waals surface area (Å²) < 4.78 is 0. The molecule has 1 rings (SSSR count). The van der Waals surface area contributed by atoms with Gasteiger partial charge in [0.05, 0.1) is 0 Å². The number of aryl methyl sites for hydroxylation is 1. The Hall–Kier alpha value is -1.89. The maximum absolute atomic E-state index is 8.23. The zero-order chi connectivity index (χ0) is 10.4. The van der Waals surface area contributed by atoms with Crippen molar-refractivity contribution in [1.29, 1.82) is 5.26 Å². The SMILES string of the molecule is Cc1ccc(CN(C)C=NC#N)cn1. The van der Waals surface area contributed by atoms with E-state index in [4.69, 9.17) is 5.26 Å². The molecule has 0 aliphatic carbocycles. The summed E-state index contributed by atoms with van der Waals surface area (Å²) >= 11 is 0. The Kier molecular flexibility index (Phi) is 3.62. The third kappa shape index (κ3) is 3.23. The minimum absolute atomic E-state index is 0.707. The highest BCUT2D eigenvalue weighted by molar-refractivity contribution is 5.55. The van der Waals surface area contributed by atoms with E-state index in [9.17, 15) is 0 Å². The molecule has 0 saturated carbocycles. The van der Waals surface area contributed by atoms with Gasteiger partial charge in [-0.25, -0.2) is 0 Å². The Labute approximate surface area is 83.5 Å². The van der Waals surface area contributed by atoms with E-state index in [1.54, 1.807) is 6.19 Å². The molecule has 4 nitrogen and oxygen atoms in total. The molecule has 72 valence electrons. The van der Waals surface area contributed by atoms with Crippen LogP contribution >= 0.6 is 0 Å². The summed E-state index contributed by atoms with van der Waals surface area (Å²) in [5.74, 6) is 0. The summed E-state index contributed by atoms with van der Waals surface area (Å²) in [7, 11) is 1.86. The fourth-order valence-electron chi connectivity index (χ4n) is 1.05. The summed E-state index contributed by atoms with van der Waals surface area (Å²) in [5.41, 5.74) is 2.10. The molecule has 1 heterocycles. The molecule has 0 saturated heterocycles. The highest BCUT2D eigenvalue weighted by atomic mass is 15.1. The van der Waals surface area contributed by atoms with E-state index in [1.165, 1.54) is 6.34 Å². The summed E-state index contributed by atoms with van der Waals surface area (Å²) in [6, 6.07) is 3.98. The largest absolute Gasteiger partial charge is 0.361 e. The van der Waals surface area contributed by atoms with E-state index < -0.39 is 0 Å². The van der Waals surface area contributed by atoms with Gasteiger partial charge in [0.1, 0.15) is 6.34 Å². The van der Waals surface area contributed by atoms with Crippen LogP contribution in [-0.2, 0) is 6.54 Å². The number of pyridine rings is 1. The van der Waals surface area contributed by atoms with Gasteiger partial charge in [0.15, 0.2) is 0 Å². The Bertz CT molecular complexity index is 347. The Morgan fingerprint density at radius 1 is 1.64 bits per heavy atom. The number of hydrogen-bond donors (Lipinski definition) is 0. The quantitative estimate of drug-likeness (QED) is 0.408. The van der Waals surface area contributed by atoms with Crippen LogP contribution in [0.1, 0.15) is 11.3 Å². The van der Waals surface area contributed by atoms with E-state index in [2.05, 4.69) is 9.98 Å². The van der Waals surface area contributed by atoms with Crippen molar-refractivity contribution >= 4 is 6.34 Å². The Morgan fingerprint density at radius 2 is 2.43 bits per heavy atom. The minimum Gasteiger partial charge on any atom is -0.361 e. The van der Waals surface area contributed by atoms with Crippen LogP contribution in [0.5, 0.6) is 0 Å². The minimum atomic E-state index is 0.707. The molecule has 0 N–H and O–H groups in total. The highest BCUT2D eigenvalue weighted by Crippen LogP contribution is 2.01. The smallest absolute Gasteiger partial charge is 0.207 e. The van der Waals surface area contributed by atoms with Crippen molar-refractivity contribution in [2.45, 2.75) is 13.5 Å². The van der Waals surface area contributed by atoms with Crippen molar-refractivity contribution in [3.63, 3.8) is 0 Å². The molecular weight excluding hydrogens is 176 g/mol. The zero-order valence-corrected chi connectivity index (χ0v) is 8.31. The van der Waals surface area contributed by atoms with Crippen LogP contribution in [0.25, 0.3) is 0 Å². The van der Waals surface area contributed by atoms with Gasteiger partial charge in [0, 0.05) is 25.5 Å². The topological polar surface area (TPSA) is 52.3 Å². The molecule has 1 aromatic rings. The Morgan fingerprint density at radius 3 is 3.00 bits per heavy atom. The van der Waals surface area contributed by atoms with Gasteiger partial charge in [-0.2, -0.15) is 10.3 Å². The first-order valence-electron chi connectivity index (χ1n) is 4.26. The van der Waals surface area contributed by atoms with Crippen molar-refractivity contribution in [3.8, 4) is 6.19 Å². The van der Waals surface area contributed by atoms with Crippen LogP contribution in [0.2, 0.25) is 0 Å². The summed E-state index contributed by atoms with van der Waals surface area (Å²) in [4.78, 5) is 9.48. The van der Waals surface area contributed by atoms with Crippen LogP contribution in [-0.4, -0.2) is 23.3 Å². The van der Waals surface area contributed by atoms with Crippen molar-refractivity contribution in [2.75, 3.05) is 7.05 Å². The van der Waals surface area contributed by atoms with E-state index >= 15 is 0 Å². The molecule has 0 amide bonds. The number of nitrogens with zero attached hydrogens (tertiary/aromatic N) is 4. The second-order valence-corrected chi connectivity index (χ2v) is 3.07. The lowest BCUT2D eigenvalue weighted by molar-refractivity contribution is 0.515. The Balaban J connectivity index is 2.57. The molecule has 4 heteroatoms. The van der Waals surface area contributed by atoms with E-state index in [1.807, 2.05) is 37.2 Å². The van der Waals surface area contributed by atoms with E-state index in [0.717, 1.165) is 11.3 Å². The second-order valence-electron chi connectivity index (χ2n) is 3.07. The van der Waals surface area contributed by atoms with Gasteiger partial charge in [0.2, 0.25) is 6.19 Å². The first kappa shape index (κ1) is 10.2. The van der Waals surface area contributed by atoms with Crippen molar-refractivity contribution in [1.82, 2.24) is 9.88 Å². The molecule has 0 aromatic carbocycles. The normalized spacial score (nSPS) is 10.1. The molecule has 0 unspecified atom stereocenters. The van der Waals surface area contributed by atoms with Gasteiger partial charge in [-0.3, -0.25) is 4.98 Å². The first-order chi connectivity index (χ1) is 6.72. The maximum Gasteiger partial charge on any atom is 0.207 e. The first-order valence-corrected chi connectivity index (χ1v) is 4.26. The fraction of sp³-hybridized carbons (Fsp3) is 0.300. The predicted molar refractivity (Wildman–Crippen MR) is 54.5 cm³/mol. The molecule has 0 aliphatic heterocycles. The van der Waals surface area contributed by atoms with Crippen molar-refractivity contribution < 1.29 is 0 Å². The number of nitriles is 1. The van der Waals surface area contributed by atoms with Crippen LogP contribution in [0.3, 0.4) is 0 Å². The summed E-state index contributed by atoms with van der Waals surface area (Å²) in [6.45, 7) is 2.66. The van der Waals surface area contributed by atoms with Gasteiger partial charge >= 0.3 is 0 Å². The lowest BCUT2D eigenvalue weighted by Crippen LogP contribution is -2.15. The third-order valence-electron chi connectivity index (χ3n) is 1.72. The average Bonchev–Trinajstić information content (AvgIpc) is 2.18. The standard InChI is InChI=1S/C10H12N4/c1-9-3-4-10(5-13-9)6-14(2)8-12-7-11/h3-5,8H,6H2,1-2H3. The lowest BCUT2D eigenvalue weighted by Gasteiger charge is -2.11.